The minimum absolute atomic E-state index is 0.278. The molecule has 1 N–H and O–H groups in total. The van der Waals surface area contributed by atoms with E-state index in [0.29, 0.717) is 0 Å². The van der Waals surface area contributed by atoms with E-state index in [4.69, 9.17) is 28.3 Å². The fraction of sp³-hybridized carbons (Fsp3) is 0.286. The van der Waals surface area contributed by atoms with E-state index in [2.05, 4.69) is 10.2 Å². The van der Waals surface area contributed by atoms with Crippen molar-refractivity contribution in [1.29, 1.82) is 0 Å². The molecule has 1 heterocycles. The molecule has 4 nitrogen and oxygen atoms in total. The van der Waals surface area contributed by atoms with E-state index in [-0.39, 0.29) is 5.15 Å². The molecule has 0 saturated heterocycles. The highest BCUT2D eigenvalue weighted by Crippen LogP contribution is 2.35. The van der Waals surface area contributed by atoms with Gasteiger partial charge in [-0.3, -0.25) is 4.79 Å². The number of aromatic nitrogens is 2. The molecule has 0 amide bonds. The predicted molar refractivity (Wildman–Crippen MR) is 48.2 cm³/mol. The minimum atomic E-state index is -3.62. The van der Waals surface area contributed by atoms with Gasteiger partial charge in [-0.05, 0) is 6.07 Å². The van der Waals surface area contributed by atoms with Crippen molar-refractivity contribution in [1.82, 2.24) is 10.2 Å². The molecule has 82 valence electrons. The number of nitrogens with zero attached hydrogens (tertiary/aromatic N) is 2. The number of alkyl halides is 2. The van der Waals surface area contributed by atoms with Crippen LogP contribution in [0.4, 0.5) is 8.78 Å². The lowest BCUT2D eigenvalue weighted by Gasteiger charge is -2.14. The molecular formula is C7H4Cl2F2N2O2. The van der Waals surface area contributed by atoms with Crippen LogP contribution in [0.1, 0.15) is 12.0 Å². The van der Waals surface area contributed by atoms with Gasteiger partial charge >= 0.3 is 5.97 Å². The first-order chi connectivity index (χ1) is 6.83. The topological polar surface area (TPSA) is 63.1 Å². The summed E-state index contributed by atoms with van der Waals surface area (Å²) in [4.78, 5) is 10.2. The highest BCUT2D eigenvalue weighted by Gasteiger charge is 2.37. The largest absolute Gasteiger partial charge is 0.481 e. The van der Waals surface area contributed by atoms with Crippen LogP contribution in [0, 0.1) is 0 Å². The second kappa shape index (κ2) is 4.24. The summed E-state index contributed by atoms with van der Waals surface area (Å²) in [7, 11) is 0. The Hall–Kier alpha value is -1.01. The van der Waals surface area contributed by atoms with E-state index in [1.165, 1.54) is 0 Å². The Morgan fingerprint density at radius 1 is 1.47 bits per heavy atom. The summed E-state index contributed by atoms with van der Waals surface area (Å²) in [5.74, 6) is -5.27. The molecule has 0 spiro atoms. The molecule has 0 atom stereocenters. The van der Waals surface area contributed by atoms with Crippen LogP contribution in [-0.4, -0.2) is 21.3 Å². The van der Waals surface area contributed by atoms with Crippen LogP contribution < -0.4 is 0 Å². The molecule has 0 fully saturated rings. The van der Waals surface area contributed by atoms with Gasteiger partial charge in [0.15, 0.2) is 10.3 Å². The van der Waals surface area contributed by atoms with Crippen molar-refractivity contribution in [3.05, 3.63) is 21.9 Å². The summed E-state index contributed by atoms with van der Waals surface area (Å²) in [6.07, 6.45) is -1.38. The summed E-state index contributed by atoms with van der Waals surface area (Å²) < 4.78 is 26.5. The van der Waals surface area contributed by atoms with Crippen LogP contribution in [0.3, 0.4) is 0 Å². The first-order valence-electron chi connectivity index (χ1n) is 3.62. The van der Waals surface area contributed by atoms with Gasteiger partial charge in [-0.1, -0.05) is 23.2 Å². The fourth-order valence-electron chi connectivity index (χ4n) is 0.895. The van der Waals surface area contributed by atoms with Crippen molar-refractivity contribution >= 4 is 29.2 Å². The average molecular weight is 257 g/mol. The molecular weight excluding hydrogens is 253 g/mol. The number of aliphatic carboxylic acids is 1. The third-order valence-corrected chi connectivity index (χ3v) is 1.95. The normalized spacial score (nSPS) is 11.5. The van der Waals surface area contributed by atoms with E-state index in [1.54, 1.807) is 0 Å². The molecule has 0 saturated carbocycles. The fourth-order valence-corrected chi connectivity index (χ4v) is 1.27. The monoisotopic (exact) mass is 256 g/mol. The quantitative estimate of drug-likeness (QED) is 0.902. The second-order valence-corrected chi connectivity index (χ2v) is 3.39. The van der Waals surface area contributed by atoms with E-state index in [1.807, 2.05) is 0 Å². The minimum Gasteiger partial charge on any atom is -0.481 e. The van der Waals surface area contributed by atoms with Gasteiger partial charge < -0.3 is 5.11 Å². The number of rotatable bonds is 3. The van der Waals surface area contributed by atoms with Crippen LogP contribution in [0.5, 0.6) is 0 Å². The summed E-state index contributed by atoms with van der Waals surface area (Å²) in [5, 5.41) is 13.8. The van der Waals surface area contributed by atoms with Crippen molar-refractivity contribution in [3.8, 4) is 0 Å². The summed E-state index contributed by atoms with van der Waals surface area (Å²) >= 11 is 10.7. The van der Waals surface area contributed by atoms with Gasteiger partial charge in [-0.2, -0.15) is 0 Å². The number of carbonyl (C=O) groups is 1. The standard InChI is InChI=1S/C7H4Cl2F2N2O2/c8-4-1-3(6(9)13-12-4)7(10,11)2-5(14)15/h1H,2H2,(H,14,15). The van der Waals surface area contributed by atoms with E-state index >= 15 is 0 Å². The lowest BCUT2D eigenvalue weighted by molar-refractivity contribution is -0.145. The van der Waals surface area contributed by atoms with Crippen molar-refractivity contribution in [2.75, 3.05) is 0 Å². The van der Waals surface area contributed by atoms with Crippen LogP contribution in [0.15, 0.2) is 6.07 Å². The number of carboxylic acid groups (broad SMARTS) is 1. The van der Waals surface area contributed by atoms with Gasteiger partial charge in [0, 0.05) is 0 Å². The summed E-state index contributed by atoms with van der Waals surface area (Å²) in [5.41, 5.74) is -0.744. The maximum absolute atomic E-state index is 13.3. The molecule has 0 aliphatic rings. The number of hydrogen-bond donors (Lipinski definition) is 1. The lowest BCUT2D eigenvalue weighted by Crippen LogP contribution is -2.19. The lowest BCUT2D eigenvalue weighted by atomic mass is 10.1. The van der Waals surface area contributed by atoms with Crippen molar-refractivity contribution in [2.24, 2.45) is 0 Å². The van der Waals surface area contributed by atoms with Crippen molar-refractivity contribution < 1.29 is 18.7 Å². The Balaban J connectivity index is 3.13. The zero-order valence-corrected chi connectivity index (χ0v) is 8.56. The first-order valence-corrected chi connectivity index (χ1v) is 4.37. The van der Waals surface area contributed by atoms with Gasteiger partial charge in [0.05, 0.1) is 5.56 Å². The maximum atomic E-state index is 13.3. The molecule has 0 aliphatic carbocycles. The van der Waals surface area contributed by atoms with E-state index < -0.39 is 29.0 Å². The number of hydrogen-bond acceptors (Lipinski definition) is 3. The van der Waals surface area contributed by atoms with Crippen LogP contribution >= 0.6 is 23.2 Å². The molecule has 1 rings (SSSR count). The smallest absolute Gasteiger partial charge is 0.309 e. The molecule has 15 heavy (non-hydrogen) atoms. The van der Waals surface area contributed by atoms with Gasteiger partial charge in [-0.15, -0.1) is 10.2 Å². The van der Waals surface area contributed by atoms with Gasteiger partial charge in [0.1, 0.15) is 6.42 Å². The maximum Gasteiger partial charge on any atom is 0.309 e. The molecule has 8 heteroatoms. The number of carboxylic acids is 1. The average Bonchev–Trinajstić information content (AvgIpc) is 2.06. The molecule has 0 bridgehead atoms. The second-order valence-electron chi connectivity index (χ2n) is 2.65. The Kier molecular flexibility index (Phi) is 3.41. The zero-order valence-electron chi connectivity index (χ0n) is 7.05. The van der Waals surface area contributed by atoms with Crippen molar-refractivity contribution in [2.45, 2.75) is 12.3 Å². The Labute approximate surface area is 92.8 Å². The van der Waals surface area contributed by atoms with E-state index in [9.17, 15) is 13.6 Å². The van der Waals surface area contributed by atoms with Crippen LogP contribution in [0.25, 0.3) is 0 Å². The SMILES string of the molecule is O=C(O)CC(F)(F)c1cc(Cl)nnc1Cl. The Bertz CT molecular complexity index is 401. The van der Waals surface area contributed by atoms with E-state index in [0.717, 1.165) is 6.07 Å². The molecule has 0 aliphatic heterocycles. The molecule has 0 unspecified atom stereocenters. The summed E-state index contributed by atoms with van der Waals surface area (Å²) in [6, 6.07) is 0.791. The van der Waals surface area contributed by atoms with Gasteiger partial charge in [0.2, 0.25) is 0 Å². The van der Waals surface area contributed by atoms with Gasteiger partial charge in [0.25, 0.3) is 5.92 Å². The predicted octanol–water partition coefficient (Wildman–Crippen LogP) is 2.35. The molecule has 1 aromatic rings. The highest BCUT2D eigenvalue weighted by molar-refractivity contribution is 6.31. The Morgan fingerprint density at radius 3 is 2.60 bits per heavy atom. The zero-order chi connectivity index (χ0) is 11.6. The van der Waals surface area contributed by atoms with Crippen LogP contribution in [0.2, 0.25) is 10.3 Å². The molecule has 0 aromatic carbocycles. The molecule has 0 radical (unpaired) electrons. The third-order valence-electron chi connectivity index (χ3n) is 1.49. The van der Waals surface area contributed by atoms with Crippen molar-refractivity contribution in [3.63, 3.8) is 0 Å². The van der Waals surface area contributed by atoms with Crippen LogP contribution in [-0.2, 0) is 10.7 Å². The third kappa shape index (κ3) is 2.97. The first kappa shape index (κ1) is 12.1. The Morgan fingerprint density at radius 2 is 2.07 bits per heavy atom. The summed E-state index contributed by atoms with van der Waals surface area (Å²) in [6.45, 7) is 0. The highest BCUT2D eigenvalue weighted by atomic mass is 35.5. The van der Waals surface area contributed by atoms with Gasteiger partial charge in [-0.25, -0.2) is 8.78 Å². The number of halogens is 4. The molecule has 1 aromatic heterocycles.